The van der Waals surface area contributed by atoms with Crippen molar-refractivity contribution in [1.29, 1.82) is 0 Å². The molecule has 4 nitrogen and oxygen atoms in total. The Hall–Kier alpha value is -1.49. The number of aryl methyl sites for hydroxylation is 1. The van der Waals surface area contributed by atoms with Gasteiger partial charge in [0.1, 0.15) is 5.82 Å². The number of nitro groups is 1. The number of nitrogens with zero attached hydrogens (tertiary/aromatic N) is 1. The van der Waals surface area contributed by atoms with Gasteiger partial charge in [0.15, 0.2) is 0 Å². The van der Waals surface area contributed by atoms with Gasteiger partial charge in [0.25, 0.3) is 5.69 Å². The maximum Gasteiger partial charge on any atom is 0.272 e. The van der Waals surface area contributed by atoms with Crippen LogP contribution in [0.4, 0.5) is 10.1 Å². The number of nitro benzene ring substituents is 1. The van der Waals surface area contributed by atoms with Crippen LogP contribution in [0.1, 0.15) is 46.1 Å². The van der Waals surface area contributed by atoms with Crippen LogP contribution in [0.3, 0.4) is 0 Å². The summed E-state index contributed by atoms with van der Waals surface area (Å²) in [6.45, 7) is 9.53. The summed E-state index contributed by atoms with van der Waals surface area (Å²) in [6.07, 6.45) is 2.50. The van der Waals surface area contributed by atoms with Crippen molar-refractivity contribution in [3.05, 3.63) is 39.7 Å². The summed E-state index contributed by atoms with van der Waals surface area (Å²) >= 11 is 0. The average molecular weight is 296 g/mol. The fourth-order valence-electron chi connectivity index (χ4n) is 2.35. The summed E-state index contributed by atoms with van der Waals surface area (Å²) in [5.41, 5.74) is 0.585. The lowest BCUT2D eigenvalue weighted by Gasteiger charge is -2.32. The van der Waals surface area contributed by atoms with Gasteiger partial charge in [-0.05, 0) is 42.9 Å². The van der Waals surface area contributed by atoms with E-state index in [4.69, 9.17) is 0 Å². The molecule has 1 N–H and O–H groups in total. The molecular formula is C16H25FN2O2. The molecule has 1 aromatic rings. The highest BCUT2D eigenvalue weighted by Gasteiger charge is 2.23. The van der Waals surface area contributed by atoms with Crippen molar-refractivity contribution < 1.29 is 9.31 Å². The molecule has 0 aliphatic carbocycles. The number of nitrogens with one attached hydrogen (secondary N) is 1. The minimum atomic E-state index is -0.552. The monoisotopic (exact) mass is 296 g/mol. The molecule has 0 aliphatic heterocycles. The van der Waals surface area contributed by atoms with Gasteiger partial charge in [-0.15, -0.1) is 0 Å². The molecule has 0 heterocycles. The Balaban J connectivity index is 2.77. The van der Waals surface area contributed by atoms with Crippen LogP contribution < -0.4 is 5.32 Å². The van der Waals surface area contributed by atoms with Crippen molar-refractivity contribution in [2.75, 3.05) is 6.54 Å². The van der Waals surface area contributed by atoms with Gasteiger partial charge >= 0.3 is 0 Å². The summed E-state index contributed by atoms with van der Waals surface area (Å²) in [5.74, 6) is -0.548. The predicted molar refractivity (Wildman–Crippen MR) is 82.9 cm³/mol. The highest BCUT2D eigenvalue weighted by molar-refractivity contribution is 5.35. The third-order valence-electron chi connectivity index (χ3n) is 3.56. The van der Waals surface area contributed by atoms with E-state index in [-0.39, 0.29) is 11.1 Å². The number of hydrogen-bond acceptors (Lipinski definition) is 3. The Morgan fingerprint density at radius 2 is 2.00 bits per heavy atom. The quantitative estimate of drug-likeness (QED) is 0.609. The van der Waals surface area contributed by atoms with E-state index >= 15 is 0 Å². The lowest BCUT2D eigenvalue weighted by molar-refractivity contribution is -0.385. The molecule has 1 unspecified atom stereocenters. The normalized spacial score (nSPS) is 13.2. The molecule has 0 saturated carbocycles. The number of halogens is 1. The van der Waals surface area contributed by atoms with E-state index in [1.54, 1.807) is 0 Å². The zero-order chi connectivity index (χ0) is 16.0. The maximum absolute atomic E-state index is 13.4. The number of hydrogen-bond donors (Lipinski definition) is 1. The predicted octanol–water partition coefficient (Wildman–Crippen LogP) is 4.08. The van der Waals surface area contributed by atoms with Crippen LogP contribution in [-0.2, 0) is 6.42 Å². The smallest absolute Gasteiger partial charge is 0.272 e. The van der Waals surface area contributed by atoms with Crippen molar-refractivity contribution >= 4 is 5.69 Å². The van der Waals surface area contributed by atoms with Crippen molar-refractivity contribution in [2.45, 2.75) is 53.0 Å². The minimum Gasteiger partial charge on any atom is -0.313 e. The molecule has 0 fully saturated rings. The lowest BCUT2D eigenvalue weighted by Crippen LogP contribution is -2.41. The Morgan fingerprint density at radius 1 is 1.33 bits per heavy atom. The van der Waals surface area contributed by atoms with Crippen LogP contribution in [0.15, 0.2) is 18.2 Å². The standard InChI is InChI=1S/C16H25FN2O2/c1-5-8-18-15(16(2,3)4)7-6-12-9-13(17)11-14(10-12)19(20)21/h9-11,15,18H,5-8H2,1-4H3. The van der Waals surface area contributed by atoms with Crippen molar-refractivity contribution in [2.24, 2.45) is 5.41 Å². The van der Waals surface area contributed by atoms with Gasteiger partial charge in [0.05, 0.1) is 11.0 Å². The second-order valence-electron chi connectivity index (χ2n) is 6.49. The zero-order valence-corrected chi connectivity index (χ0v) is 13.3. The third kappa shape index (κ3) is 5.79. The van der Waals surface area contributed by atoms with Crippen LogP contribution in [0, 0.1) is 21.3 Å². The van der Waals surface area contributed by atoms with Crippen LogP contribution in [0.25, 0.3) is 0 Å². The molecule has 1 aromatic carbocycles. The van der Waals surface area contributed by atoms with Gasteiger partial charge in [0.2, 0.25) is 0 Å². The molecule has 0 radical (unpaired) electrons. The van der Waals surface area contributed by atoms with Crippen molar-refractivity contribution in [3.8, 4) is 0 Å². The van der Waals surface area contributed by atoms with Crippen LogP contribution in [0.5, 0.6) is 0 Å². The Bertz CT molecular complexity index is 484. The van der Waals surface area contributed by atoms with Crippen molar-refractivity contribution in [1.82, 2.24) is 5.32 Å². The van der Waals surface area contributed by atoms with Gasteiger partial charge < -0.3 is 5.32 Å². The number of benzene rings is 1. The molecular weight excluding hydrogens is 271 g/mol. The zero-order valence-electron chi connectivity index (χ0n) is 13.3. The highest BCUT2D eigenvalue weighted by atomic mass is 19.1. The topological polar surface area (TPSA) is 55.2 Å². The highest BCUT2D eigenvalue weighted by Crippen LogP contribution is 2.24. The van der Waals surface area contributed by atoms with E-state index in [0.717, 1.165) is 25.5 Å². The molecule has 5 heteroatoms. The lowest BCUT2D eigenvalue weighted by atomic mass is 9.83. The first-order valence-electron chi connectivity index (χ1n) is 7.41. The first-order valence-corrected chi connectivity index (χ1v) is 7.41. The summed E-state index contributed by atoms with van der Waals surface area (Å²) in [6, 6.07) is 4.09. The van der Waals surface area contributed by atoms with E-state index < -0.39 is 10.7 Å². The largest absolute Gasteiger partial charge is 0.313 e. The molecule has 0 aliphatic rings. The fraction of sp³-hybridized carbons (Fsp3) is 0.625. The number of rotatable bonds is 7. The van der Waals surface area contributed by atoms with Crippen LogP contribution in [-0.4, -0.2) is 17.5 Å². The van der Waals surface area contributed by atoms with Crippen molar-refractivity contribution in [3.63, 3.8) is 0 Å². The summed E-state index contributed by atoms with van der Waals surface area (Å²) in [4.78, 5) is 10.2. The van der Waals surface area contributed by atoms with Gasteiger partial charge in [0, 0.05) is 12.1 Å². The van der Waals surface area contributed by atoms with E-state index in [2.05, 4.69) is 33.0 Å². The molecule has 0 spiro atoms. The third-order valence-corrected chi connectivity index (χ3v) is 3.56. The van der Waals surface area contributed by atoms with E-state index in [9.17, 15) is 14.5 Å². The Kier molecular flexibility index (Phi) is 6.27. The molecule has 21 heavy (non-hydrogen) atoms. The van der Waals surface area contributed by atoms with Crippen LogP contribution in [0.2, 0.25) is 0 Å². The summed E-state index contributed by atoms with van der Waals surface area (Å²) in [5, 5.41) is 14.3. The van der Waals surface area contributed by atoms with Gasteiger partial charge in [-0.25, -0.2) is 4.39 Å². The first-order chi connectivity index (χ1) is 9.74. The molecule has 0 amide bonds. The first kappa shape index (κ1) is 17.6. The maximum atomic E-state index is 13.4. The summed E-state index contributed by atoms with van der Waals surface area (Å²) in [7, 11) is 0. The fourth-order valence-corrected chi connectivity index (χ4v) is 2.35. The van der Waals surface area contributed by atoms with E-state index in [1.165, 1.54) is 12.1 Å². The van der Waals surface area contributed by atoms with Gasteiger partial charge in [-0.2, -0.15) is 0 Å². The SMILES string of the molecule is CCCNC(CCc1cc(F)cc([N+](=O)[O-])c1)C(C)(C)C. The number of non-ortho nitro benzene ring substituents is 1. The summed E-state index contributed by atoms with van der Waals surface area (Å²) < 4.78 is 13.4. The molecule has 0 bridgehead atoms. The molecule has 118 valence electrons. The second-order valence-corrected chi connectivity index (χ2v) is 6.49. The molecule has 1 rings (SSSR count). The van der Waals surface area contributed by atoms with E-state index in [0.29, 0.717) is 18.0 Å². The van der Waals surface area contributed by atoms with Gasteiger partial charge in [-0.1, -0.05) is 27.7 Å². The minimum absolute atomic E-state index is 0.0917. The Morgan fingerprint density at radius 3 is 2.52 bits per heavy atom. The van der Waals surface area contributed by atoms with E-state index in [1.807, 2.05) is 0 Å². The average Bonchev–Trinajstić information content (AvgIpc) is 2.36. The van der Waals surface area contributed by atoms with Crippen LogP contribution >= 0.6 is 0 Å². The Labute approximate surface area is 125 Å². The molecule has 0 aromatic heterocycles. The molecule has 1 atom stereocenters. The van der Waals surface area contributed by atoms with Gasteiger partial charge in [-0.3, -0.25) is 10.1 Å². The second kappa shape index (κ2) is 7.50. The molecule has 0 saturated heterocycles.